The number of rotatable bonds is 2. The van der Waals surface area contributed by atoms with E-state index in [0.29, 0.717) is 11.3 Å². The molecular weight excluding hydrogens is 242 g/mol. The molecule has 0 aliphatic carbocycles. The summed E-state index contributed by atoms with van der Waals surface area (Å²) < 4.78 is 9.88. The van der Waals surface area contributed by atoms with Crippen LogP contribution >= 0.6 is 0 Å². The van der Waals surface area contributed by atoms with Gasteiger partial charge >= 0.3 is 5.97 Å². The van der Waals surface area contributed by atoms with Gasteiger partial charge in [0, 0.05) is 5.39 Å². The van der Waals surface area contributed by atoms with Crippen LogP contribution in [0.1, 0.15) is 29.9 Å². The molecule has 1 aromatic heterocycles. The molecule has 1 heterocycles. The van der Waals surface area contributed by atoms with Crippen molar-refractivity contribution in [3.05, 3.63) is 35.5 Å². The normalized spacial score (nSPS) is 9.53. The van der Waals surface area contributed by atoms with E-state index in [1.54, 1.807) is 13.2 Å². The van der Waals surface area contributed by atoms with Crippen LogP contribution in [-0.4, -0.2) is 25.2 Å². The quantitative estimate of drug-likeness (QED) is 0.778. The summed E-state index contributed by atoms with van der Waals surface area (Å²) >= 11 is 0. The fourth-order valence-electron chi connectivity index (χ4n) is 1.72. The first-order chi connectivity index (χ1) is 9.17. The molecule has 0 spiro atoms. The van der Waals surface area contributed by atoms with Crippen molar-refractivity contribution in [1.82, 2.24) is 4.98 Å². The Kier molecular flexibility index (Phi) is 5.30. The van der Waals surface area contributed by atoms with Crippen LogP contribution in [0.4, 0.5) is 0 Å². The SMILES string of the molecule is CC.COC(=O)c1ccc2c(C)ccc(OC)c2n1. The summed E-state index contributed by atoms with van der Waals surface area (Å²) in [5.41, 5.74) is 2.05. The summed E-state index contributed by atoms with van der Waals surface area (Å²) in [5.74, 6) is 0.201. The van der Waals surface area contributed by atoms with Gasteiger partial charge in [-0.25, -0.2) is 9.78 Å². The molecule has 0 saturated heterocycles. The van der Waals surface area contributed by atoms with Gasteiger partial charge in [-0.15, -0.1) is 0 Å². The third-order valence-corrected chi connectivity index (χ3v) is 2.65. The molecule has 19 heavy (non-hydrogen) atoms. The number of pyridine rings is 1. The van der Waals surface area contributed by atoms with Gasteiger partial charge in [0.1, 0.15) is 17.0 Å². The minimum absolute atomic E-state index is 0.281. The van der Waals surface area contributed by atoms with Crippen molar-refractivity contribution < 1.29 is 14.3 Å². The van der Waals surface area contributed by atoms with Crippen LogP contribution in [0, 0.1) is 6.92 Å². The lowest BCUT2D eigenvalue weighted by Crippen LogP contribution is -2.04. The number of aromatic nitrogens is 1. The molecule has 0 bridgehead atoms. The van der Waals surface area contributed by atoms with Crippen molar-refractivity contribution >= 4 is 16.9 Å². The third kappa shape index (κ3) is 3.02. The van der Waals surface area contributed by atoms with Crippen molar-refractivity contribution in [1.29, 1.82) is 0 Å². The van der Waals surface area contributed by atoms with E-state index in [4.69, 9.17) is 4.74 Å². The molecule has 102 valence electrons. The number of aryl methyl sites for hydroxylation is 1. The van der Waals surface area contributed by atoms with E-state index in [9.17, 15) is 4.79 Å². The van der Waals surface area contributed by atoms with E-state index in [0.717, 1.165) is 10.9 Å². The van der Waals surface area contributed by atoms with Crippen LogP contribution in [0.5, 0.6) is 5.75 Å². The average molecular weight is 261 g/mol. The van der Waals surface area contributed by atoms with Gasteiger partial charge in [0.15, 0.2) is 0 Å². The molecule has 1 aromatic carbocycles. The fourth-order valence-corrected chi connectivity index (χ4v) is 1.72. The molecule has 0 radical (unpaired) electrons. The van der Waals surface area contributed by atoms with Gasteiger partial charge in [-0.3, -0.25) is 0 Å². The molecule has 0 saturated carbocycles. The molecule has 0 N–H and O–H groups in total. The summed E-state index contributed by atoms with van der Waals surface area (Å²) in [5, 5.41) is 0.969. The molecule has 2 aromatic rings. The van der Waals surface area contributed by atoms with Crippen LogP contribution < -0.4 is 4.74 Å². The molecule has 4 heteroatoms. The first kappa shape index (κ1) is 15.0. The monoisotopic (exact) mass is 261 g/mol. The summed E-state index contributed by atoms with van der Waals surface area (Å²) in [6, 6.07) is 7.30. The molecule has 2 rings (SSSR count). The summed E-state index contributed by atoms with van der Waals surface area (Å²) in [6.07, 6.45) is 0. The van der Waals surface area contributed by atoms with Crippen molar-refractivity contribution in [2.45, 2.75) is 20.8 Å². The highest BCUT2D eigenvalue weighted by atomic mass is 16.5. The highest BCUT2D eigenvalue weighted by Crippen LogP contribution is 2.26. The average Bonchev–Trinajstić information content (AvgIpc) is 2.48. The maximum atomic E-state index is 11.4. The van der Waals surface area contributed by atoms with Gasteiger partial charge in [0.2, 0.25) is 0 Å². The number of nitrogens with zero attached hydrogens (tertiary/aromatic N) is 1. The molecule has 0 aliphatic rings. The number of hydrogen-bond acceptors (Lipinski definition) is 4. The predicted molar refractivity (Wildman–Crippen MR) is 75.7 cm³/mol. The van der Waals surface area contributed by atoms with Gasteiger partial charge < -0.3 is 9.47 Å². The Morgan fingerprint density at radius 2 is 1.79 bits per heavy atom. The summed E-state index contributed by atoms with van der Waals surface area (Å²) in [4.78, 5) is 15.7. The Morgan fingerprint density at radius 1 is 1.11 bits per heavy atom. The van der Waals surface area contributed by atoms with Crippen LogP contribution in [0.25, 0.3) is 10.9 Å². The number of carbonyl (C=O) groups is 1. The molecular formula is C15H19NO3. The molecule has 0 unspecified atom stereocenters. The summed E-state index contributed by atoms with van der Waals surface area (Å²) in [6.45, 7) is 5.99. The van der Waals surface area contributed by atoms with Crippen LogP contribution in [0.2, 0.25) is 0 Å². The number of ether oxygens (including phenoxy) is 2. The standard InChI is InChI=1S/C13H13NO3.C2H6/c1-8-4-7-11(16-2)12-9(8)5-6-10(14-12)13(15)17-3;1-2/h4-7H,1-3H3;1-2H3. The molecule has 0 fully saturated rings. The maximum absolute atomic E-state index is 11.4. The molecule has 4 nitrogen and oxygen atoms in total. The number of benzene rings is 1. The van der Waals surface area contributed by atoms with Crippen molar-refractivity contribution in [3.8, 4) is 5.75 Å². The van der Waals surface area contributed by atoms with Gasteiger partial charge in [-0.1, -0.05) is 19.9 Å². The van der Waals surface area contributed by atoms with E-state index >= 15 is 0 Å². The Balaban J connectivity index is 0.000000861. The molecule has 0 atom stereocenters. The number of hydrogen-bond donors (Lipinski definition) is 0. The van der Waals surface area contributed by atoms with E-state index in [-0.39, 0.29) is 5.69 Å². The first-order valence-electron chi connectivity index (χ1n) is 6.20. The van der Waals surface area contributed by atoms with Gasteiger partial charge in [0.25, 0.3) is 0 Å². The van der Waals surface area contributed by atoms with Crippen LogP contribution in [0.3, 0.4) is 0 Å². The molecule has 0 aliphatic heterocycles. The minimum atomic E-state index is -0.449. The first-order valence-corrected chi connectivity index (χ1v) is 6.20. The van der Waals surface area contributed by atoms with E-state index in [2.05, 4.69) is 9.72 Å². The van der Waals surface area contributed by atoms with E-state index in [1.165, 1.54) is 7.11 Å². The van der Waals surface area contributed by atoms with Crippen molar-refractivity contribution in [2.75, 3.05) is 14.2 Å². The van der Waals surface area contributed by atoms with Crippen molar-refractivity contribution in [2.24, 2.45) is 0 Å². The Morgan fingerprint density at radius 3 is 2.37 bits per heavy atom. The van der Waals surface area contributed by atoms with E-state index < -0.39 is 5.97 Å². The largest absolute Gasteiger partial charge is 0.494 e. The summed E-state index contributed by atoms with van der Waals surface area (Å²) in [7, 11) is 2.91. The second-order valence-corrected chi connectivity index (χ2v) is 3.67. The Hall–Kier alpha value is -2.10. The van der Waals surface area contributed by atoms with Gasteiger partial charge in [0.05, 0.1) is 14.2 Å². The van der Waals surface area contributed by atoms with Gasteiger partial charge in [-0.05, 0) is 30.7 Å². The lowest BCUT2D eigenvalue weighted by atomic mass is 10.1. The van der Waals surface area contributed by atoms with Gasteiger partial charge in [-0.2, -0.15) is 0 Å². The highest BCUT2D eigenvalue weighted by Gasteiger charge is 2.11. The van der Waals surface area contributed by atoms with Crippen molar-refractivity contribution in [3.63, 3.8) is 0 Å². The lowest BCUT2D eigenvalue weighted by Gasteiger charge is -2.08. The second kappa shape index (κ2) is 6.73. The number of fused-ring (bicyclic) bond motifs is 1. The topological polar surface area (TPSA) is 48.4 Å². The minimum Gasteiger partial charge on any atom is -0.494 e. The second-order valence-electron chi connectivity index (χ2n) is 3.67. The fraction of sp³-hybridized carbons (Fsp3) is 0.333. The van der Waals surface area contributed by atoms with Crippen LogP contribution in [0.15, 0.2) is 24.3 Å². The lowest BCUT2D eigenvalue weighted by molar-refractivity contribution is 0.0594. The zero-order valence-electron chi connectivity index (χ0n) is 12.0. The van der Waals surface area contributed by atoms with E-state index in [1.807, 2.05) is 39.0 Å². The zero-order chi connectivity index (χ0) is 14.4. The molecule has 0 amide bonds. The van der Waals surface area contributed by atoms with Crippen LogP contribution in [-0.2, 0) is 4.74 Å². The smallest absolute Gasteiger partial charge is 0.356 e. The third-order valence-electron chi connectivity index (χ3n) is 2.65. The number of methoxy groups -OCH3 is 2. The number of carbonyl (C=O) groups excluding carboxylic acids is 1. The maximum Gasteiger partial charge on any atom is 0.356 e. The zero-order valence-corrected chi connectivity index (χ0v) is 12.0. The Labute approximate surface area is 113 Å². The number of esters is 1. The Bertz CT molecular complexity index is 579. The predicted octanol–water partition coefficient (Wildman–Crippen LogP) is 3.36. The highest BCUT2D eigenvalue weighted by molar-refractivity contribution is 5.93.